The summed E-state index contributed by atoms with van der Waals surface area (Å²) in [7, 11) is 0. The minimum atomic E-state index is -0.839. The summed E-state index contributed by atoms with van der Waals surface area (Å²) in [6.45, 7) is 23.5. The van der Waals surface area contributed by atoms with E-state index in [1.54, 1.807) is 6.07 Å². The van der Waals surface area contributed by atoms with E-state index in [2.05, 4.69) is 179 Å². The Hall–Kier alpha value is -8.98. The molecule has 8 aromatic carbocycles. The monoisotopic (exact) mass is 1150 g/mol. The van der Waals surface area contributed by atoms with Crippen molar-refractivity contribution in [1.29, 1.82) is 0 Å². The SMILES string of the molecule is C=C(c1cccc(CN2CCN(c3ccccc3OC(C)C)CC2)c1)N1CCc2ccc(NC(=O)Nc3c(F)cccc3F)cc21.CC(C)Oc1ccccc1N1CCN(Cc2cccc(C(=O)N3CCc4cc(-c5ccccc5)ccc43)c2)CC1. The third kappa shape index (κ3) is 14.1. The number of hydrogen-bond donors (Lipinski definition) is 2. The molecule has 2 saturated heterocycles. The molecule has 4 heterocycles. The Kier molecular flexibility index (Phi) is 18.4. The van der Waals surface area contributed by atoms with Crippen LogP contribution in [0.3, 0.4) is 0 Å². The average molecular weight is 1160 g/mol. The van der Waals surface area contributed by atoms with Crippen LogP contribution in [0.5, 0.6) is 11.5 Å². The lowest BCUT2D eigenvalue weighted by Crippen LogP contribution is -2.46. The zero-order valence-corrected chi connectivity index (χ0v) is 49.7. The molecule has 0 spiro atoms. The van der Waals surface area contributed by atoms with E-state index >= 15 is 0 Å². The molecule has 442 valence electrons. The maximum Gasteiger partial charge on any atom is 0.323 e. The standard InChI is InChI=1S/C37H39F2N5O2.C35H37N3O2/c1-25(2)46-35-13-5-4-12-33(35)43-20-18-42(19-21-43)24-27-8-6-9-29(22-27)26(3)44-17-16-28-14-15-30(23-34(28)44)40-37(45)41-36-31(38)10-7-11-32(36)39;1-26(2)40-34-14-7-6-13-33(34)37-21-19-36(20-22-37)25-27-9-8-12-31(23-27)35(39)38-18-17-30-24-29(15-16-32(30)38)28-10-4-3-5-11-28/h4-15,22-23,25H,3,16-21,24H2,1-2H3,(H2,40,41,45);3-16,23-24,26H,17-22,25H2,1-2H3. The molecule has 0 unspecified atom stereocenters. The topological polar surface area (TPSA) is 96.1 Å². The highest BCUT2D eigenvalue weighted by atomic mass is 19.1. The number of ether oxygens (including phenoxy) is 2. The molecular weight excluding hydrogens is 1080 g/mol. The van der Waals surface area contributed by atoms with Crippen molar-refractivity contribution in [2.24, 2.45) is 0 Å². The molecule has 12 rings (SSSR count). The Morgan fingerprint density at radius 2 is 1.01 bits per heavy atom. The van der Waals surface area contributed by atoms with Gasteiger partial charge in [0.2, 0.25) is 0 Å². The second-order valence-electron chi connectivity index (χ2n) is 23.0. The van der Waals surface area contributed by atoms with Gasteiger partial charge in [-0.1, -0.05) is 110 Å². The van der Waals surface area contributed by atoms with Crippen LogP contribution in [-0.4, -0.2) is 99.4 Å². The Morgan fingerprint density at radius 1 is 0.477 bits per heavy atom. The second kappa shape index (κ2) is 26.9. The Balaban J connectivity index is 0.000000180. The number of piperazine rings is 2. The Labute approximate surface area is 504 Å². The lowest BCUT2D eigenvalue weighted by molar-refractivity contribution is 0.0989. The largest absolute Gasteiger partial charge is 0.489 e. The van der Waals surface area contributed by atoms with E-state index in [1.165, 1.54) is 39.6 Å². The number of carbonyl (C=O) groups excluding carboxylic acids is 2. The van der Waals surface area contributed by atoms with Crippen LogP contribution in [0, 0.1) is 11.6 Å². The summed E-state index contributed by atoms with van der Waals surface area (Å²) >= 11 is 0. The summed E-state index contributed by atoms with van der Waals surface area (Å²) in [6.07, 6.45) is 2.01. The van der Waals surface area contributed by atoms with Gasteiger partial charge in [-0.25, -0.2) is 13.6 Å². The van der Waals surface area contributed by atoms with E-state index in [4.69, 9.17) is 9.47 Å². The summed E-state index contributed by atoms with van der Waals surface area (Å²) < 4.78 is 40.1. The smallest absolute Gasteiger partial charge is 0.323 e. The fourth-order valence-electron chi connectivity index (χ4n) is 12.0. The molecule has 2 N–H and O–H groups in total. The molecule has 0 saturated carbocycles. The minimum absolute atomic E-state index is 0.0830. The molecule has 8 aromatic rings. The second-order valence-corrected chi connectivity index (χ2v) is 23.0. The number of hydrogen-bond acceptors (Lipinski definition) is 9. The molecule has 14 heteroatoms. The average Bonchev–Trinajstić information content (AvgIpc) is 3.37. The molecule has 0 radical (unpaired) electrons. The van der Waals surface area contributed by atoms with Crippen LogP contribution >= 0.6 is 0 Å². The maximum atomic E-state index is 14.0. The van der Waals surface area contributed by atoms with Crippen LogP contribution in [0.25, 0.3) is 16.8 Å². The van der Waals surface area contributed by atoms with Crippen LogP contribution in [0.1, 0.15) is 65.9 Å². The van der Waals surface area contributed by atoms with Crippen molar-refractivity contribution < 1.29 is 27.8 Å². The number of benzene rings is 8. The Bertz CT molecular complexity index is 3670. The molecular formula is C72H76F2N8O4. The molecule has 0 atom stereocenters. The number of anilines is 6. The first-order valence-electron chi connectivity index (χ1n) is 30.1. The van der Waals surface area contributed by atoms with Crippen molar-refractivity contribution in [2.75, 3.05) is 95.7 Å². The number of para-hydroxylation sites is 5. The van der Waals surface area contributed by atoms with Gasteiger partial charge >= 0.3 is 6.03 Å². The molecule has 0 aliphatic carbocycles. The molecule has 0 bridgehead atoms. The predicted molar refractivity (Wildman–Crippen MR) is 345 cm³/mol. The highest BCUT2D eigenvalue weighted by molar-refractivity contribution is 6.07. The van der Waals surface area contributed by atoms with Gasteiger partial charge in [-0.05, 0) is 158 Å². The number of amides is 3. The molecule has 4 aliphatic heterocycles. The van der Waals surface area contributed by atoms with Crippen LogP contribution < -0.4 is 39.7 Å². The highest BCUT2D eigenvalue weighted by Gasteiger charge is 2.28. The van der Waals surface area contributed by atoms with E-state index < -0.39 is 23.4 Å². The first kappa shape index (κ1) is 58.8. The lowest BCUT2D eigenvalue weighted by Gasteiger charge is -2.37. The summed E-state index contributed by atoms with van der Waals surface area (Å²) in [5.74, 6) is 0.296. The van der Waals surface area contributed by atoms with Gasteiger partial charge in [0.25, 0.3) is 5.91 Å². The third-order valence-corrected chi connectivity index (χ3v) is 16.2. The van der Waals surface area contributed by atoms with E-state index in [9.17, 15) is 18.4 Å². The number of nitrogens with zero attached hydrogens (tertiary/aromatic N) is 6. The summed E-state index contributed by atoms with van der Waals surface area (Å²) in [5, 5.41) is 4.97. The maximum absolute atomic E-state index is 14.0. The predicted octanol–water partition coefficient (Wildman–Crippen LogP) is 14.4. The fraction of sp³-hybridized carbons (Fsp3) is 0.278. The van der Waals surface area contributed by atoms with Gasteiger partial charge in [-0.15, -0.1) is 0 Å². The first-order chi connectivity index (χ1) is 41.8. The molecule has 2 fully saturated rings. The van der Waals surface area contributed by atoms with Gasteiger partial charge in [0.15, 0.2) is 0 Å². The van der Waals surface area contributed by atoms with Gasteiger partial charge in [-0.3, -0.25) is 14.6 Å². The lowest BCUT2D eigenvalue weighted by atomic mass is 10.0. The van der Waals surface area contributed by atoms with Crippen molar-refractivity contribution >= 4 is 51.8 Å². The van der Waals surface area contributed by atoms with Crippen molar-refractivity contribution in [3.05, 3.63) is 234 Å². The van der Waals surface area contributed by atoms with E-state index in [0.717, 1.165) is 154 Å². The number of urea groups is 1. The number of nitrogens with one attached hydrogen (secondary N) is 2. The van der Waals surface area contributed by atoms with E-state index in [0.29, 0.717) is 5.69 Å². The molecule has 3 amide bonds. The van der Waals surface area contributed by atoms with Crippen molar-refractivity contribution in [2.45, 2.75) is 65.8 Å². The molecule has 86 heavy (non-hydrogen) atoms. The van der Waals surface area contributed by atoms with Crippen molar-refractivity contribution in [3.63, 3.8) is 0 Å². The quantitative estimate of drug-likeness (QED) is 0.0981. The van der Waals surface area contributed by atoms with Gasteiger partial charge in [-0.2, -0.15) is 0 Å². The summed E-state index contributed by atoms with van der Waals surface area (Å²) in [5.41, 5.74) is 14.2. The number of halogens is 2. The number of carbonyl (C=O) groups is 2. The Morgan fingerprint density at radius 3 is 1.62 bits per heavy atom. The van der Waals surface area contributed by atoms with Crippen molar-refractivity contribution in [3.8, 4) is 22.6 Å². The van der Waals surface area contributed by atoms with Gasteiger partial charge in [0.1, 0.15) is 28.8 Å². The van der Waals surface area contributed by atoms with Gasteiger partial charge < -0.3 is 39.7 Å². The number of fused-ring (bicyclic) bond motifs is 2. The van der Waals surface area contributed by atoms with Gasteiger partial charge in [0.05, 0.1) is 23.6 Å². The van der Waals surface area contributed by atoms with E-state index in [1.807, 2.05) is 53.4 Å². The molecule has 4 aliphatic rings. The highest BCUT2D eigenvalue weighted by Crippen LogP contribution is 2.38. The normalized spacial score (nSPS) is 15.0. The van der Waals surface area contributed by atoms with Crippen LogP contribution in [0.2, 0.25) is 0 Å². The third-order valence-electron chi connectivity index (χ3n) is 16.2. The fourth-order valence-corrected chi connectivity index (χ4v) is 12.0. The minimum Gasteiger partial charge on any atom is -0.489 e. The first-order valence-corrected chi connectivity index (χ1v) is 30.1. The van der Waals surface area contributed by atoms with Crippen LogP contribution in [0.15, 0.2) is 189 Å². The summed E-state index contributed by atoms with van der Waals surface area (Å²) in [6, 6.07) is 58.5. The molecule has 0 aromatic heterocycles. The molecule has 12 nitrogen and oxygen atoms in total. The zero-order chi connectivity index (χ0) is 59.7. The van der Waals surface area contributed by atoms with Crippen molar-refractivity contribution in [1.82, 2.24) is 9.80 Å². The van der Waals surface area contributed by atoms with Crippen LogP contribution in [0.4, 0.5) is 47.7 Å². The zero-order valence-electron chi connectivity index (χ0n) is 49.7. The number of rotatable bonds is 16. The van der Waals surface area contributed by atoms with E-state index in [-0.39, 0.29) is 18.1 Å². The summed E-state index contributed by atoms with van der Waals surface area (Å²) in [4.78, 5) is 40.1. The van der Waals surface area contributed by atoms with Gasteiger partial charge in [0, 0.05) is 107 Å². The van der Waals surface area contributed by atoms with Crippen LogP contribution in [-0.2, 0) is 25.9 Å².